The van der Waals surface area contributed by atoms with Gasteiger partial charge in [-0.2, -0.15) is 0 Å². The summed E-state index contributed by atoms with van der Waals surface area (Å²) in [5.74, 6) is 1.07. The van der Waals surface area contributed by atoms with Gasteiger partial charge in [0.15, 0.2) is 0 Å². The van der Waals surface area contributed by atoms with Gasteiger partial charge in [0.2, 0.25) is 5.91 Å². The van der Waals surface area contributed by atoms with Crippen LogP contribution >= 0.6 is 11.8 Å². The number of rotatable bonds is 3. The van der Waals surface area contributed by atoms with Crippen LogP contribution in [0.5, 0.6) is 11.5 Å². The quantitative estimate of drug-likeness (QED) is 0.645. The maximum absolute atomic E-state index is 12.2. The molecule has 2 aromatic rings. The first-order chi connectivity index (χ1) is 10.6. The second-order valence-corrected chi connectivity index (χ2v) is 6.02. The van der Waals surface area contributed by atoms with Gasteiger partial charge in [-0.15, -0.1) is 11.8 Å². The maximum atomic E-state index is 12.2. The molecule has 2 heterocycles. The Morgan fingerprint density at radius 2 is 2.18 bits per heavy atom. The molecule has 2 unspecified atom stereocenters. The standard InChI is InChI=1S/C15H15N3O3S/c19-9-4-5-12(20)10(7-9)15-17-11(8-22-15)14(21)18-13-3-1-2-6-16-13/h1-7,11,15,17,19-20H,8H2,(H,16,18,21). The number of carbonyl (C=O) groups excluding carboxylic acids is 1. The number of aromatic hydroxyl groups is 2. The highest BCUT2D eigenvalue weighted by atomic mass is 32.2. The molecule has 1 saturated heterocycles. The van der Waals surface area contributed by atoms with E-state index in [-0.39, 0.29) is 22.8 Å². The first-order valence-corrected chi connectivity index (χ1v) is 7.80. The van der Waals surface area contributed by atoms with Gasteiger partial charge in [-0.3, -0.25) is 10.1 Å². The third-order valence-electron chi connectivity index (χ3n) is 3.31. The van der Waals surface area contributed by atoms with Gasteiger partial charge in [0.05, 0.1) is 11.4 Å². The van der Waals surface area contributed by atoms with E-state index in [9.17, 15) is 15.0 Å². The van der Waals surface area contributed by atoms with Gasteiger partial charge in [0.25, 0.3) is 0 Å². The van der Waals surface area contributed by atoms with Crippen LogP contribution < -0.4 is 10.6 Å². The van der Waals surface area contributed by atoms with Crippen molar-refractivity contribution in [3.8, 4) is 11.5 Å². The Bertz CT molecular complexity index is 681. The molecule has 114 valence electrons. The summed E-state index contributed by atoms with van der Waals surface area (Å²) >= 11 is 1.50. The smallest absolute Gasteiger partial charge is 0.243 e. The number of carbonyl (C=O) groups is 1. The maximum Gasteiger partial charge on any atom is 0.243 e. The molecule has 0 radical (unpaired) electrons. The summed E-state index contributed by atoms with van der Waals surface area (Å²) < 4.78 is 0. The van der Waals surface area contributed by atoms with Gasteiger partial charge in [-0.25, -0.2) is 4.98 Å². The normalized spacial score (nSPS) is 20.7. The summed E-state index contributed by atoms with van der Waals surface area (Å²) in [6.45, 7) is 0. The van der Waals surface area contributed by atoms with Crippen molar-refractivity contribution in [1.82, 2.24) is 10.3 Å². The van der Waals surface area contributed by atoms with Crippen molar-refractivity contribution in [3.63, 3.8) is 0 Å². The molecule has 1 aromatic heterocycles. The van der Waals surface area contributed by atoms with Gasteiger partial charge in [-0.1, -0.05) is 6.07 Å². The number of hydrogen-bond acceptors (Lipinski definition) is 6. The van der Waals surface area contributed by atoms with Gasteiger partial charge >= 0.3 is 0 Å². The van der Waals surface area contributed by atoms with Crippen LogP contribution in [0.3, 0.4) is 0 Å². The lowest BCUT2D eigenvalue weighted by atomic mass is 10.1. The number of nitrogens with zero attached hydrogens (tertiary/aromatic N) is 1. The summed E-state index contributed by atoms with van der Waals surface area (Å²) in [6, 6.07) is 9.27. The highest BCUT2D eigenvalue weighted by Gasteiger charge is 2.32. The van der Waals surface area contributed by atoms with Crippen molar-refractivity contribution in [2.24, 2.45) is 0 Å². The Hall–Kier alpha value is -2.25. The molecule has 0 spiro atoms. The minimum absolute atomic E-state index is 0.0802. The predicted octanol–water partition coefficient (Wildman–Crippen LogP) is 1.84. The first-order valence-electron chi connectivity index (χ1n) is 6.75. The van der Waals surface area contributed by atoms with Crippen molar-refractivity contribution in [3.05, 3.63) is 48.2 Å². The Morgan fingerprint density at radius 1 is 1.32 bits per heavy atom. The zero-order valence-corrected chi connectivity index (χ0v) is 12.4. The number of hydrogen-bond donors (Lipinski definition) is 4. The number of phenolic OH excluding ortho intramolecular Hbond substituents is 2. The van der Waals surface area contributed by atoms with Gasteiger partial charge in [0, 0.05) is 17.5 Å². The fourth-order valence-electron chi connectivity index (χ4n) is 2.20. The second-order valence-electron chi connectivity index (χ2n) is 4.88. The van der Waals surface area contributed by atoms with Gasteiger partial charge < -0.3 is 15.5 Å². The van der Waals surface area contributed by atoms with E-state index >= 15 is 0 Å². The lowest BCUT2D eigenvalue weighted by Crippen LogP contribution is -2.38. The number of benzene rings is 1. The summed E-state index contributed by atoms with van der Waals surface area (Å²) in [6.07, 6.45) is 1.61. The SMILES string of the molecule is O=C(Nc1ccccn1)C1CSC(c2cc(O)ccc2O)N1. The monoisotopic (exact) mass is 317 g/mol. The average Bonchev–Trinajstić information content (AvgIpc) is 3.00. The molecule has 7 heteroatoms. The van der Waals surface area contributed by atoms with Crippen molar-refractivity contribution in [1.29, 1.82) is 0 Å². The van der Waals surface area contributed by atoms with E-state index in [1.54, 1.807) is 24.4 Å². The molecule has 3 rings (SSSR count). The summed E-state index contributed by atoms with van der Waals surface area (Å²) in [7, 11) is 0. The van der Waals surface area contributed by atoms with E-state index in [2.05, 4.69) is 15.6 Å². The molecule has 0 bridgehead atoms. The Morgan fingerprint density at radius 3 is 2.95 bits per heavy atom. The minimum atomic E-state index is -0.390. The Balaban J connectivity index is 1.67. The van der Waals surface area contributed by atoms with Crippen LogP contribution in [-0.2, 0) is 4.79 Å². The third-order valence-corrected chi connectivity index (χ3v) is 4.56. The molecule has 1 aliphatic rings. The molecule has 0 aliphatic carbocycles. The van der Waals surface area contributed by atoms with Crippen molar-refractivity contribution < 1.29 is 15.0 Å². The summed E-state index contributed by atoms with van der Waals surface area (Å²) in [4.78, 5) is 16.3. The number of aromatic nitrogens is 1. The molecule has 1 aliphatic heterocycles. The number of amides is 1. The summed E-state index contributed by atoms with van der Waals surface area (Å²) in [5.41, 5.74) is 0.568. The largest absolute Gasteiger partial charge is 0.508 e. The van der Waals surface area contributed by atoms with Crippen molar-refractivity contribution >= 4 is 23.5 Å². The van der Waals surface area contributed by atoms with Gasteiger partial charge in [-0.05, 0) is 30.3 Å². The van der Waals surface area contributed by atoms with E-state index < -0.39 is 6.04 Å². The summed E-state index contributed by atoms with van der Waals surface area (Å²) in [5, 5.41) is 25.1. The molecule has 1 aromatic carbocycles. The first kappa shape index (κ1) is 14.7. The number of anilines is 1. The predicted molar refractivity (Wildman–Crippen MR) is 84.8 cm³/mol. The van der Waals surface area contributed by atoms with Crippen LogP contribution in [-0.4, -0.2) is 32.9 Å². The van der Waals surface area contributed by atoms with Crippen LogP contribution in [0.1, 0.15) is 10.9 Å². The fourth-order valence-corrected chi connectivity index (χ4v) is 3.47. The second kappa shape index (κ2) is 6.25. The zero-order valence-electron chi connectivity index (χ0n) is 11.6. The molecule has 4 N–H and O–H groups in total. The minimum Gasteiger partial charge on any atom is -0.508 e. The van der Waals surface area contributed by atoms with Crippen LogP contribution in [0.25, 0.3) is 0 Å². The molecule has 2 atom stereocenters. The third kappa shape index (κ3) is 3.15. The van der Waals surface area contributed by atoms with E-state index in [1.807, 2.05) is 0 Å². The van der Waals surface area contributed by atoms with Crippen molar-refractivity contribution in [2.75, 3.05) is 11.1 Å². The number of pyridine rings is 1. The molecular weight excluding hydrogens is 302 g/mol. The average molecular weight is 317 g/mol. The van der Waals surface area contributed by atoms with Crippen LogP contribution in [0, 0.1) is 0 Å². The van der Waals surface area contributed by atoms with Crippen LogP contribution in [0.4, 0.5) is 5.82 Å². The highest BCUT2D eigenvalue weighted by molar-refractivity contribution is 7.99. The topological polar surface area (TPSA) is 94.5 Å². The van der Waals surface area contributed by atoms with E-state index in [4.69, 9.17) is 0 Å². The Kier molecular flexibility index (Phi) is 4.17. The van der Waals surface area contributed by atoms with Gasteiger partial charge in [0.1, 0.15) is 17.3 Å². The highest BCUT2D eigenvalue weighted by Crippen LogP contribution is 2.38. The zero-order chi connectivity index (χ0) is 15.5. The molecule has 1 amide bonds. The molecule has 22 heavy (non-hydrogen) atoms. The van der Waals surface area contributed by atoms with Crippen molar-refractivity contribution in [2.45, 2.75) is 11.4 Å². The van der Waals surface area contributed by atoms with E-state index in [0.29, 0.717) is 17.1 Å². The Labute approximate surface area is 131 Å². The van der Waals surface area contributed by atoms with Crippen LogP contribution in [0.2, 0.25) is 0 Å². The molecule has 6 nitrogen and oxygen atoms in total. The lowest BCUT2D eigenvalue weighted by Gasteiger charge is -2.14. The number of nitrogens with one attached hydrogen (secondary N) is 2. The van der Waals surface area contributed by atoms with E-state index in [1.165, 1.54) is 30.0 Å². The number of phenols is 2. The molecule has 1 fully saturated rings. The van der Waals surface area contributed by atoms with Crippen LogP contribution in [0.15, 0.2) is 42.6 Å². The number of thioether (sulfide) groups is 1. The molecular formula is C15H15N3O3S. The fraction of sp³-hybridized carbons (Fsp3) is 0.200. The lowest BCUT2D eigenvalue weighted by molar-refractivity contribution is -0.117. The van der Waals surface area contributed by atoms with E-state index in [0.717, 1.165) is 0 Å². The molecule has 0 saturated carbocycles.